The maximum absolute atomic E-state index is 12.8. The van der Waals surface area contributed by atoms with E-state index in [1.165, 1.54) is 0 Å². The van der Waals surface area contributed by atoms with Crippen LogP contribution >= 0.6 is 0 Å². The van der Waals surface area contributed by atoms with E-state index < -0.39 is 0 Å². The number of H-pyrrole nitrogens is 1. The number of nitrogens with one attached hydrogen (secondary N) is 3. The van der Waals surface area contributed by atoms with Crippen molar-refractivity contribution in [3.63, 3.8) is 0 Å². The van der Waals surface area contributed by atoms with E-state index in [4.69, 9.17) is 5.73 Å². The Morgan fingerprint density at radius 3 is 2.16 bits per heavy atom. The summed E-state index contributed by atoms with van der Waals surface area (Å²) in [6.07, 6.45) is 0. The van der Waals surface area contributed by atoms with Gasteiger partial charge in [0.15, 0.2) is 5.82 Å². The summed E-state index contributed by atoms with van der Waals surface area (Å²) in [5.41, 5.74) is 10.7. The minimum absolute atomic E-state index is 0.224. The predicted molar refractivity (Wildman–Crippen MR) is 152 cm³/mol. The minimum Gasteiger partial charge on any atom is -0.397 e. The molecule has 1 aliphatic rings. The molecule has 0 saturated carbocycles. The first-order valence-corrected chi connectivity index (χ1v) is 12.7. The van der Waals surface area contributed by atoms with Crippen molar-refractivity contribution in [3.8, 4) is 11.3 Å². The fourth-order valence-electron chi connectivity index (χ4n) is 4.47. The van der Waals surface area contributed by atoms with Crippen LogP contribution < -0.4 is 21.3 Å². The van der Waals surface area contributed by atoms with Gasteiger partial charge in [-0.3, -0.25) is 14.7 Å². The molecule has 2 amide bonds. The maximum atomic E-state index is 12.8. The van der Waals surface area contributed by atoms with Crippen molar-refractivity contribution in [2.75, 3.05) is 54.0 Å². The van der Waals surface area contributed by atoms with Crippen LogP contribution in [0.15, 0.2) is 78.9 Å². The van der Waals surface area contributed by atoms with Gasteiger partial charge in [0.25, 0.3) is 11.8 Å². The average Bonchev–Trinajstić information content (AvgIpc) is 3.43. The van der Waals surface area contributed by atoms with Gasteiger partial charge in [-0.25, -0.2) is 0 Å². The third kappa shape index (κ3) is 5.68. The van der Waals surface area contributed by atoms with E-state index in [1.54, 1.807) is 30.3 Å². The summed E-state index contributed by atoms with van der Waals surface area (Å²) in [6, 6.07) is 23.7. The number of hydrogen-bond acceptors (Lipinski definition) is 6. The zero-order valence-corrected chi connectivity index (χ0v) is 21.3. The lowest BCUT2D eigenvalue weighted by molar-refractivity contribution is 0.101. The van der Waals surface area contributed by atoms with E-state index in [0.717, 1.165) is 49.7 Å². The van der Waals surface area contributed by atoms with Crippen LogP contribution in [0.1, 0.15) is 27.6 Å². The molecule has 0 aliphatic carbocycles. The van der Waals surface area contributed by atoms with Gasteiger partial charge < -0.3 is 26.2 Å². The molecule has 0 unspecified atom stereocenters. The van der Waals surface area contributed by atoms with Crippen LogP contribution in [-0.2, 0) is 0 Å². The van der Waals surface area contributed by atoms with Crippen LogP contribution in [0.25, 0.3) is 11.3 Å². The number of aromatic nitrogens is 2. The molecule has 194 valence electrons. The van der Waals surface area contributed by atoms with Gasteiger partial charge in [-0.2, -0.15) is 5.10 Å². The molecule has 2 heterocycles. The first-order chi connectivity index (χ1) is 18.5. The van der Waals surface area contributed by atoms with Crippen LogP contribution in [0.3, 0.4) is 0 Å². The summed E-state index contributed by atoms with van der Waals surface area (Å²) in [6.45, 7) is 7.35. The molecule has 1 aromatic heterocycles. The van der Waals surface area contributed by atoms with Crippen LogP contribution in [-0.4, -0.2) is 59.6 Å². The second kappa shape index (κ2) is 11.2. The number of piperazine rings is 1. The number of likely N-dealkylation sites (N-methyl/N-ethyl adjacent to an activating group) is 1. The molecule has 1 saturated heterocycles. The van der Waals surface area contributed by atoms with Crippen molar-refractivity contribution in [1.82, 2.24) is 15.1 Å². The number of carbonyl (C=O) groups excluding carboxylic acids is 2. The largest absolute Gasteiger partial charge is 0.397 e. The van der Waals surface area contributed by atoms with Crippen LogP contribution in [0.4, 0.5) is 22.9 Å². The summed E-state index contributed by atoms with van der Waals surface area (Å²) in [4.78, 5) is 30.1. The Morgan fingerprint density at radius 1 is 0.868 bits per heavy atom. The number of nitrogens with two attached hydrogens (primary N) is 1. The second-order valence-electron chi connectivity index (χ2n) is 9.21. The number of nitrogens with zero attached hydrogens (tertiary/aromatic N) is 3. The maximum Gasteiger partial charge on any atom is 0.256 e. The fraction of sp³-hybridized carbons (Fsp3) is 0.207. The highest BCUT2D eigenvalue weighted by Gasteiger charge is 2.17. The number of rotatable bonds is 7. The van der Waals surface area contributed by atoms with Gasteiger partial charge in [-0.05, 0) is 60.6 Å². The molecule has 0 bridgehead atoms. The van der Waals surface area contributed by atoms with E-state index in [2.05, 4.69) is 37.6 Å². The van der Waals surface area contributed by atoms with E-state index >= 15 is 0 Å². The monoisotopic (exact) mass is 509 g/mol. The highest BCUT2D eigenvalue weighted by atomic mass is 16.2. The van der Waals surface area contributed by atoms with Crippen molar-refractivity contribution in [1.29, 1.82) is 0 Å². The van der Waals surface area contributed by atoms with Gasteiger partial charge in [0.2, 0.25) is 0 Å². The second-order valence-corrected chi connectivity index (χ2v) is 9.21. The van der Waals surface area contributed by atoms with Crippen molar-refractivity contribution >= 4 is 34.7 Å². The first kappa shape index (κ1) is 25.0. The van der Waals surface area contributed by atoms with Gasteiger partial charge in [0, 0.05) is 49.1 Å². The smallest absolute Gasteiger partial charge is 0.256 e. The highest BCUT2D eigenvalue weighted by Crippen LogP contribution is 2.23. The number of anilines is 4. The van der Waals surface area contributed by atoms with Gasteiger partial charge in [0.05, 0.1) is 17.1 Å². The number of aromatic amines is 1. The molecule has 3 aromatic carbocycles. The fourth-order valence-corrected chi connectivity index (χ4v) is 4.47. The number of para-hydroxylation sites is 2. The predicted octanol–water partition coefficient (Wildman–Crippen LogP) is 4.31. The number of nitrogen functional groups attached to an aromatic ring is 1. The van der Waals surface area contributed by atoms with E-state index in [9.17, 15) is 9.59 Å². The molecular weight excluding hydrogens is 478 g/mol. The molecule has 5 N–H and O–H groups in total. The Kier molecular flexibility index (Phi) is 7.37. The van der Waals surface area contributed by atoms with Crippen LogP contribution in [0, 0.1) is 0 Å². The lowest BCUT2D eigenvalue weighted by Gasteiger charge is -2.35. The van der Waals surface area contributed by atoms with Gasteiger partial charge in [-0.15, -0.1) is 0 Å². The van der Waals surface area contributed by atoms with Crippen molar-refractivity contribution in [3.05, 3.63) is 90.0 Å². The van der Waals surface area contributed by atoms with Gasteiger partial charge >= 0.3 is 0 Å². The van der Waals surface area contributed by atoms with Crippen molar-refractivity contribution in [2.24, 2.45) is 0 Å². The third-order valence-corrected chi connectivity index (χ3v) is 6.80. The molecule has 1 aliphatic heterocycles. The molecule has 0 spiro atoms. The third-order valence-electron chi connectivity index (χ3n) is 6.80. The molecule has 9 heteroatoms. The SMILES string of the molecule is CCN1CCN(c2ccc(C(=O)Nc3cc(-c4ccc(C(=O)Nc5ccccc5N)cc4)[nH]n3)cc2)CC1. The first-order valence-electron chi connectivity index (χ1n) is 12.7. The Balaban J connectivity index is 1.18. The lowest BCUT2D eigenvalue weighted by atomic mass is 10.1. The van der Waals surface area contributed by atoms with Gasteiger partial charge in [-0.1, -0.05) is 31.2 Å². The Bertz CT molecular complexity index is 1410. The molecule has 38 heavy (non-hydrogen) atoms. The molecular formula is C29H31N7O2. The molecule has 4 aromatic rings. The number of amides is 2. The van der Waals surface area contributed by atoms with Crippen LogP contribution in [0.5, 0.6) is 0 Å². The van der Waals surface area contributed by atoms with Crippen LogP contribution in [0.2, 0.25) is 0 Å². The normalized spacial score (nSPS) is 13.8. The van der Waals surface area contributed by atoms with Crippen molar-refractivity contribution < 1.29 is 9.59 Å². The topological polar surface area (TPSA) is 119 Å². The standard InChI is InChI=1S/C29H31N7O2/c1-2-35-15-17-36(18-16-35)23-13-11-22(12-14-23)29(38)32-27-19-26(33-34-27)20-7-9-21(10-8-20)28(37)31-25-6-4-3-5-24(25)30/h3-14,19H,2,15-18,30H2,1H3,(H,31,37)(H2,32,33,34,38). The highest BCUT2D eigenvalue weighted by molar-refractivity contribution is 6.06. The average molecular weight is 510 g/mol. The Hall–Kier alpha value is -4.63. The van der Waals surface area contributed by atoms with Crippen molar-refractivity contribution in [2.45, 2.75) is 6.92 Å². The van der Waals surface area contributed by atoms with E-state index in [1.807, 2.05) is 48.5 Å². The Morgan fingerprint density at radius 2 is 1.50 bits per heavy atom. The van der Waals surface area contributed by atoms with E-state index in [0.29, 0.717) is 28.3 Å². The zero-order chi connectivity index (χ0) is 26.5. The molecule has 9 nitrogen and oxygen atoms in total. The summed E-state index contributed by atoms with van der Waals surface area (Å²) in [5.74, 6) is -0.0509. The molecule has 0 radical (unpaired) electrons. The number of carbonyl (C=O) groups is 2. The van der Waals surface area contributed by atoms with E-state index in [-0.39, 0.29) is 11.8 Å². The molecule has 0 atom stereocenters. The Labute approximate surface area is 221 Å². The summed E-state index contributed by atoms with van der Waals surface area (Å²) in [5, 5.41) is 12.8. The quantitative estimate of drug-likeness (QED) is 0.276. The number of hydrogen-bond donors (Lipinski definition) is 4. The summed E-state index contributed by atoms with van der Waals surface area (Å²) in [7, 11) is 0. The summed E-state index contributed by atoms with van der Waals surface area (Å²) < 4.78 is 0. The summed E-state index contributed by atoms with van der Waals surface area (Å²) >= 11 is 0. The lowest BCUT2D eigenvalue weighted by Crippen LogP contribution is -2.46. The zero-order valence-electron chi connectivity index (χ0n) is 21.3. The molecule has 1 fully saturated rings. The minimum atomic E-state index is -0.249. The molecule has 5 rings (SSSR count). The number of benzene rings is 3. The van der Waals surface area contributed by atoms with Gasteiger partial charge in [0.1, 0.15) is 0 Å².